The topological polar surface area (TPSA) is 103 Å². The maximum atomic E-state index is 13.1. The number of likely N-dealkylation sites (tertiary alicyclic amines) is 1. The zero-order chi connectivity index (χ0) is 24.9. The molecule has 2 fully saturated rings. The summed E-state index contributed by atoms with van der Waals surface area (Å²) in [6, 6.07) is -0.356. The Morgan fingerprint density at radius 3 is 2.82 bits per heavy atom. The van der Waals surface area contributed by atoms with Gasteiger partial charge in [-0.2, -0.15) is 13.2 Å². The SMILES string of the molecule is C#CCO[C@H]1C[C@H](n2cc(C(F)(F)F)c(=O)[nH]c2=O)O[C@@H]1COC(=O)[C@@H]1CCCN1CCCC. The highest BCUT2D eigenvalue weighted by Gasteiger charge is 2.41. The van der Waals surface area contributed by atoms with Gasteiger partial charge in [-0.15, -0.1) is 6.42 Å². The Morgan fingerprint density at radius 1 is 1.38 bits per heavy atom. The summed E-state index contributed by atoms with van der Waals surface area (Å²) in [6.45, 7) is 3.36. The zero-order valence-electron chi connectivity index (χ0n) is 18.8. The zero-order valence-corrected chi connectivity index (χ0v) is 18.8. The second-order valence-corrected chi connectivity index (χ2v) is 8.30. The third-order valence-electron chi connectivity index (χ3n) is 5.97. The van der Waals surface area contributed by atoms with E-state index in [0.717, 1.165) is 32.4 Å². The number of aromatic nitrogens is 2. The van der Waals surface area contributed by atoms with Crippen molar-refractivity contribution in [1.29, 1.82) is 0 Å². The van der Waals surface area contributed by atoms with Crippen LogP contribution in [0.25, 0.3) is 0 Å². The minimum atomic E-state index is -4.96. The van der Waals surface area contributed by atoms with Crippen LogP contribution in [0.1, 0.15) is 50.8 Å². The molecule has 0 spiro atoms. The predicted octanol–water partition coefficient (Wildman–Crippen LogP) is 1.67. The smallest absolute Gasteiger partial charge is 0.423 e. The van der Waals surface area contributed by atoms with E-state index in [2.05, 4.69) is 17.7 Å². The molecule has 0 aromatic carbocycles. The number of halogens is 3. The van der Waals surface area contributed by atoms with Crippen LogP contribution in [0, 0.1) is 12.3 Å². The van der Waals surface area contributed by atoms with Crippen molar-refractivity contribution in [3.05, 3.63) is 32.6 Å². The molecule has 0 bridgehead atoms. The van der Waals surface area contributed by atoms with Crippen LogP contribution in [0.15, 0.2) is 15.8 Å². The van der Waals surface area contributed by atoms with Gasteiger partial charge in [-0.3, -0.25) is 24.0 Å². The minimum absolute atomic E-state index is 0.0286. The van der Waals surface area contributed by atoms with Crippen LogP contribution in [0.5, 0.6) is 0 Å². The highest BCUT2D eigenvalue weighted by atomic mass is 19.4. The molecule has 4 atom stereocenters. The first-order valence-electron chi connectivity index (χ1n) is 11.2. The number of nitrogens with one attached hydrogen (secondary N) is 1. The number of alkyl halides is 3. The van der Waals surface area contributed by atoms with Gasteiger partial charge in [0.25, 0.3) is 5.56 Å². The lowest BCUT2D eigenvalue weighted by molar-refractivity contribution is -0.156. The Bertz CT molecular complexity index is 1010. The van der Waals surface area contributed by atoms with E-state index in [4.69, 9.17) is 20.6 Å². The van der Waals surface area contributed by atoms with Gasteiger partial charge in [0, 0.05) is 12.6 Å². The molecular weight excluding hydrogens is 459 g/mol. The molecule has 9 nitrogen and oxygen atoms in total. The molecule has 1 aromatic rings. The van der Waals surface area contributed by atoms with Gasteiger partial charge in [-0.25, -0.2) is 4.79 Å². The molecule has 0 unspecified atom stereocenters. The molecule has 188 valence electrons. The van der Waals surface area contributed by atoms with E-state index in [0.29, 0.717) is 17.2 Å². The quantitative estimate of drug-likeness (QED) is 0.418. The van der Waals surface area contributed by atoms with E-state index >= 15 is 0 Å². The van der Waals surface area contributed by atoms with E-state index in [9.17, 15) is 27.6 Å². The van der Waals surface area contributed by atoms with Crippen LogP contribution in [-0.4, -0.2) is 65.0 Å². The second kappa shape index (κ2) is 11.2. The van der Waals surface area contributed by atoms with Crippen LogP contribution in [0.3, 0.4) is 0 Å². The highest BCUT2D eigenvalue weighted by molar-refractivity contribution is 5.76. The average Bonchev–Trinajstić information content (AvgIpc) is 3.40. The molecule has 0 amide bonds. The number of ether oxygens (including phenoxy) is 3. The largest absolute Gasteiger partial charge is 0.462 e. The number of esters is 1. The minimum Gasteiger partial charge on any atom is -0.462 e. The van der Waals surface area contributed by atoms with Crippen molar-refractivity contribution in [2.75, 3.05) is 26.3 Å². The van der Waals surface area contributed by atoms with Crippen molar-refractivity contribution >= 4 is 5.97 Å². The van der Waals surface area contributed by atoms with E-state index in [1.165, 1.54) is 0 Å². The maximum absolute atomic E-state index is 13.1. The number of nitrogens with zero attached hydrogens (tertiary/aromatic N) is 2. The Hall–Kier alpha value is -2.62. The fraction of sp³-hybridized carbons (Fsp3) is 0.682. The first kappa shape index (κ1) is 26.0. The number of H-pyrrole nitrogens is 1. The van der Waals surface area contributed by atoms with Crippen molar-refractivity contribution in [1.82, 2.24) is 14.5 Å². The molecule has 2 aliphatic heterocycles. The number of hydrogen-bond donors (Lipinski definition) is 1. The van der Waals surface area contributed by atoms with Gasteiger partial charge >= 0.3 is 17.8 Å². The van der Waals surface area contributed by atoms with Crippen LogP contribution in [0.2, 0.25) is 0 Å². The van der Waals surface area contributed by atoms with Gasteiger partial charge in [0.1, 0.15) is 37.2 Å². The summed E-state index contributed by atoms with van der Waals surface area (Å²) in [5, 5.41) is 0. The van der Waals surface area contributed by atoms with E-state index in [-0.39, 0.29) is 25.7 Å². The molecule has 0 aliphatic carbocycles. The molecule has 3 rings (SSSR count). The van der Waals surface area contributed by atoms with Crippen molar-refractivity contribution in [2.24, 2.45) is 0 Å². The molecule has 34 heavy (non-hydrogen) atoms. The predicted molar refractivity (Wildman–Crippen MR) is 114 cm³/mol. The number of carbonyl (C=O) groups excluding carboxylic acids is 1. The summed E-state index contributed by atoms with van der Waals surface area (Å²) in [5.74, 6) is 1.89. The first-order valence-corrected chi connectivity index (χ1v) is 11.2. The Morgan fingerprint density at radius 2 is 2.15 bits per heavy atom. The number of rotatable bonds is 9. The second-order valence-electron chi connectivity index (χ2n) is 8.30. The standard InChI is InChI=1S/C22H28F3N3O6/c1-3-5-8-27-9-6-7-15(27)20(30)33-13-17-16(32-10-4-2)11-18(34-17)28-12-14(22(23,24)25)19(29)26-21(28)31/h2,12,15-18H,3,5-11,13H2,1H3,(H,26,29,31)/t15-,16-,17+,18+/m0/s1. The van der Waals surface area contributed by atoms with Gasteiger partial charge in [-0.05, 0) is 32.4 Å². The lowest BCUT2D eigenvalue weighted by Gasteiger charge is -2.24. The average molecular weight is 487 g/mol. The van der Waals surface area contributed by atoms with Crippen molar-refractivity contribution in [3.8, 4) is 12.3 Å². The lowest BCUT2D eigenvalue weighted by Crippen LogP contribution is -2.40. The molecule has 1 N–H and O–H groups in total. The van der Waals surface area contributed by atoms with E-state index < -0.39 is 47.4 Å². The fourth-order valence-electron chi connectivity index (χ4n) is 4.24. The first-order chi connectivity index (χ1) is 16.2. The summed E-state index contributed by atoms with van der Waals surface area (Å²) in [5.41, 5.74) is -4.13. The molecule has 1 aromatic heterocycles. The van der Waals surface area contributed by atoms with Crippen LogP contribution in [0.4, 0.5) is 13.2 Å². The van der Waals surface area contributed by atoms with E-state index in [1.807, 2.05) is 0 Å². The number of hydrogen-bond acceptors (Lipinski definition) is 7. The molecule has 2 aliphatic rings. The van der Waals surface area contributed by atoms with Gasteiger partial charge in [-0.1, -0.05) is 19.3 Å². The fourth-order valence-corrected chi connectivity index (χ4v) is 4.24. The van der Waals surface area contributed by atoms with E-state index in [1.54, 1.807) is 4.98 Å². The summed E-state index contributed by atoms with van der Waals surface area (Å²) >= 11 is 0. The highest BCUT2D eigenvalue weighted by Crippen LogP contribution is 2.32. The molecule has 2 saturated heterocycles. The molecule has 12 heteroatoms. The summed E-state index contributed by atoms with van der Waals surface area (Å²) < 4.78 is 56.9. The number of unbranched alkanes of at least 4 members (excludes halogenated alkanes) is 1. The lowest BCUT2D eigenvalue weighted by atomic mass is 10.1. The van der Waals surface area contributed by atoms with Gasteiger partial charge in [0.15, 0.2) is 0 Å². The molecule has 3 heterocycles. The Labute approximate surface area is 194 Å². The Kier molecular flexibility index (Phi) is 8.57. The number of terminal acetylenes is 1. The number of aromatic amines is 1. The van der Waals surface area contributed by atoms with Crippen molar-refractivity contribution < 1.29 is 32.2 Å². The van der Waals surface area contributed by atoms with Crippen LogP contribution >= 0.6 is 0 Å². The van der Waals surface area contributed by atoms with Crippen LogP contribution < -0.4 is 11.2 Å². The summed E-state index contributed by atoms with van der Waals surface area (Å²) in [7, 11) is 0. The third-order valence-corrected chi connectivity index (χ3v) is 5.97. The van der Waals surface area contributed by atoms with Crippen molar-refractivity contribution in [3.63, 3.8) is 0 Å². The molecular formula is C22H28F3N3O6. The normalized spacial score (nSPS) is 25.4. The number of carbonyl (C=O) groups is 1. The maximum Gasteiger partial charge on any atom is 0.423 e. The van der Waals surface area contributed by atoms with Gasteiger partial charge in [0.2, 0.25) is 0 Å². The Balaban J connectivity index is 1.72. The summed E-state index contributed by atoms with van der Waals surface area (Å²) in [4.78, 5) is 40.2. The molecule has 0 saturated carbocycles. The summed E-state index contributed by atoms with van der Waals surface area (Å²) in [6.07, 6.45) is 1.44. The van der Waals surface area contributed by atoms with Crippen molar-refractivity contribution in [2.45, 2.75) is 69.7 Å². The third kappa shape index (κ3) is 6.08. The van der Waals surface area contributed by atoms with Crippen LogP contribution in [-0.2, 0) is 25.2 Å². The van der Waals surface area contributed by atoms with Gasteiger partial charge < -0.3 is 14.2 Å². The van der Waals surface area contributed by atoms with Gasteiger partial charge in [0.05, 0.1) is 6.10 Å². The molecule has 0 radical (unpaired) electrons. The monoisotopic (exact) mass is 487 g/mol.